The molecule has 1 heterocycles. The van der Waals surface area contributed by atoms with Crippen LogP contribution in [0, 0.1) is 0 Å². The molecule has 2 amide bonds. The Balaban J connectivity index is 1.53. The molecule has 1 saturated carbocycles. The first kappa shape index (κ1) is 16.5. The van der Waals surface area contributed by atoms with Crippen molar-refractivity contribution < 1.29 is 17.9 Å². The third-order valence-electron chi connectivity index (χ3n) is 4.13. The van der Waals surface area contributed by atoms with Gasteiger partial charge in [0.2, 0.25) is 0 Å². The van der Waals surface area contributed by atoms with Crippen molar-refractivity contribution in [3.8, 4) is 0 Å². The molecule has 21 heavy (non-hydrogen) atoms. The highest BCUT2D eigenvalue weighted by atomic mass is 32.2. The van der Waals surface area contributed by atoms with Gasteiger partial charge in [0.05, 0.1) is 17.6 Å². The van der Waals surface area contributed by atoms with Gasteiger partial charge in [-0.2, -0.15) is 0 Å². The topological polar surface area (TPSA) is 75.7 Å². The fraction of sp³-hybridized carbons (Fsp3) is 0.929. The minimum Gasteiger partial charge on any atom is -0.378 e. The highest BCUT2D eigenvalue weighted by molar-refractivity contribution is 7.91. The molecule has 1 N–H and O–H groups in total. The zero-order valence-electron chi connectivity index (χ0n) is 12.6. The predicted octanol–water partition coefficient (Wildman–Crippen LogP) is 1.17. The third kappa shape index (κ3) is 5.82. The molecule has 2 fully saturated rings. The SMILES string of the molecule is O=C(NCCCOC1CCCCC1)N1CCS(=O)(=O)CC1. The summed E-state index contributed by atoms with van der Waals surface area (Å²) in [5.41, 5.74) is 0. The van der Waals surface area contributed by atoms with Gasteiger partial charge < -0.3 is 15.0 Å². The van der Waals surface area contributed by atoms with E-state index in [1.54, 1.807) is 4.90 Å². The number of hydrogen-bond donors (Lipinski definition) is 1. The van der Waals surface area contributed by atoms with E-state index in [1.165, 1.54) is 19.3 Å². The summed E-state index contributed by atoms with van der Waals surface area (Å²) in [6.07, 6.45) is 7.37. The Bertz CT molecular complexity index is 418. The number of rotatable bonds is 5. The Morgan fingerprint density at radius 3 is 2.48 bits per heavy atom. The van der Waals surface area contributed by atoms with Crippen LogP contribution in [-0.4, -0.2) is 63.2 Å². The highest BCUT2D eigenvalue weighted by Gasteiger charge is 2.24. The molecule has 1 aliphatic carbocycles. The van der Waals surface area contributed by atoms with Crippen LogP contribution in [0.15, 0.2) is 0 Å². The van der Waals surface area contributed by atoms with E-state index in [2.05, 4.69) is 5.32 Å². The number of nitrogens with one attached hydrogen (secondary N) is 1. The number of ether oxygens (including phenoxy) is 1. The van der Waals surface area contributed by atoms with Gasteiger partial charge in [-0.15, -0.1) is 0 Å². The molecule has 0 bridgehead atoms. The molecule has 0 unspecified atom stereocenters. The van der Waals surface area contributed by atoms with Gasteiger partial charge in [0.25, 0.3) is 0 Å². The quantitative estimate of drug-likeness (QED) is 0.772. The second-order valence-corrected chi connectivity index (χ2v) is 8.16. The fourth-order valence-corrected chi connectivity index (χ4v) is 3.98. The van der Waals surface area contributed by atoms with Crippen molar-refractivity contribution >= 4 is 15.9 Å². The van der Waals surface area contributed by atoms with Crippen LogP contribution in [0.4, 0.5) is 4.79 Å². The van der Waals surface area contributed by atoms with Crippen LogP contribution in [0.5, 0.6) is 0 Å². The van der Waals surface area contributed by atoms with E-state index >= 15 is 0 Å². The van der Waals surface area contributed by atoms with Crippen molar-refractivity contribution in [1.82, 2.24) is 10.2 Å². The van der Waals surface area contributed by atoms with Gasteiger partial charge in [-0.05, 0) is 19.3 Å². The van der Waals surface area contributed by atoms with Gasteiger partial charge >= 0.3 is 6.03 Å². The molecule has 2 aliphatic rings. The minimum absolute atomic E-state index is 0.0746. The second-order valence-electron chi connectivity index (χ2n) is 5.86. The first-order valence-electron chi connectivity index (χ1n) is 7.92. The smallest absolute Gasteiger partial charge is 0.317 e. The molecule has 0 aromatic heterocycles. The van der Waals surface area contributed by atoms with Crippen LogP contribution >= 0.6 is 0 Å². The van der Waals surface area contributed by atoms with Gasteiger partial charge in [-0.25, -0.2) is 13.2 Å². The lowest BCUT2D eigenvalue weighted by atomic mass is 9.98. The standard InChI is InChI=1S/C14H26N2O4S/c17-14(16-8-11-21(18,19)12-9-16)15-7-4-10-20-13-5-2-1-3-6-13/h13H,1-12H2,(H,15,17). The van der Waals surface area contributed by atoms with Crippen LogP contribution in [0.3, 0.4) is 0 Å². The van der Waals surface area contributed by atoms with Gasteiger partial charge in [0, 0.05) is 26.2 Å². The minimum atomic E-state index is -2.93. The van der Waals surface area contributed by atoms with E-state index < -0.39 is 9.84 Å². The molecular formula is C14H26N2O4S. The molecule has 122 valence electrons. The van der Waals surface area contributed by atoms with Crippen molar-refractivity contribution in [2.24, 2.45) is 0 Å². The van der Waals surface area contributed by atoms with E-state index in [4.69, 9.17) is 4.74 Å². The zero-order chi connectivity index (χ0) is 15.1. The maximum atomic E-state index is 11.9. The Labute approximate surface area is 127 Å². The molecule has 0 spiro atoms. The predicted molar refractivity (Wildman–Crippen MR) is 81.1 cm³/mol. The Hall–Kier alpha value is -0.820. The summed E-state index contributed by atoms with van der Waals surface area (Å²) in [5.74, 6) is 0.149. The van der Waals surface area contributed by atoms with Crippen LogP contribution in [0.1, 0.15) is 38.5 Å². The average molecular weight is 318 g/mol. The van der Waals surface area contributed by atoms with Gasteiger partial charge in [-0.1, -0.05) is 19.3 Å². The number of amides is 2. The van der Waals surface area contributed by atoms with Gasteiger partial charge in [0.15, 0.2) is 9.84 Å². The van der Waals surface area contributed by atoms with Crippen LogP contribution < -0.4 is 5.32 Å². The van der Waals surface area contributed by atoms with E-state index in [1.807, 2.05) is 0 Å². The van der Waals surface area contributed by atoms with Crippen molar-refractivity contribution in [2.45, 2.75) is 44.6 Å². The Morgan fingerprint density at radius 2 is 1.81 bits per heavy atom. The Kier molecular flexibility index (Phi) is 6.29. The first-order chi connectivity index (χ1) is 10.1. The summed E-state index contributed by atoms with van der Waals surface area (Å²) in [6, 6.07) is -0.164. The average Bonchev–Trinajstić information content (AvgIpc) is 2.47. The monoisotopic (exact) mass is 318 g/mol. The van der Waals surface area contributed by atoms with Crippen molar-refractivity contribution in [3.05, 3.63) is 0 Å². The number of sulfone groups is 1. The molecule has 0 aromatic rings. The van der Waals surface area contributed by atoms with Crippen LogP contribution in [-0.2, 0) is 14.6 Å². The highest BCUT2D eigenvalue weighted by Crippen LogP contribution is 2.20. The summed E-state index contributed by atoms with van der Waals surface area (Å²) in [7, 11) is -2.93. The fourth-order valence-electron chi connectivity index (χ4n) is 2.78. The first-order valence-corrected chi connectivity index (χ1v) is 9.74. The Morgan fingerprint density at radius 1 is 1.14 bits per heavy atom. The second kappa shape index (κ2) is 7.98. The van der Waals surface area contributed by atoms with Crippen molar-refractivity contribution in [3.63, 3.8) is 0 Å². The van der Waals surface area contributed by atoms with Crippen LogP contribution in [0.25, 0.3) is 0 Å². The molecule has 0 radical (unpaired) electrons. The number of urea groups is 1. The number of hydrogen-bond acceptors (Lipinski definition) is 4. The molecule has 2 rings (SSSR count). The lowest BCUT2D eigenvalue weighted by Gasteiger charge is -2.27. The van der Waals surface area contributed by atoms with Crippen molar-refractivity contribution in [2.75, 3.05) is 37.7 Å². The van der Waals surface area contributed by atoms with E-state index in [0.717, 1.165) is 19.3 Å². The maximum Gasteiger partial charge on any atom is 0.317 e. The van der Waals surface area contributed by atoms with Crippen molar-refractivity contribution in [1.29, 1.82) is 0 Å². The summed E-state index contributed by atoms with van der Waals surface area (Å²) in [6.45, 7) is 1.85. The lowest BCUT2D eigenvalue weighted by Crippen LogP contribution is -2.48. The third-order valence-corrected chi connectivity index (χ3v) is 5.74. The van der Waals surface area contributed by atoms with E-state index in [0.29, 0.717) is 32.3 Å². The van der Waals surface area contributed by atoms with Gasteiger partial charge in [0.1, 0.15) is 0 Å². The van der Waals surface area contributed by atoms with Gasteiger partial charge in [-0.3, -0.25) is 0 Å². The van der Waals surface area contributed by atoms with E-state index in [-0.39, 0.29) is 17.5 Å². The van der Waals surface area contributed by atoms with E-state index in [9.17, 15) is 13.2 Å². The maximum absolute atomic E-state index is 11.9. The molecule has 0 atom stereocenters. The number of nitrogens with zero attached hydrogens (tertiary/aromatic N) is 1. The number of carbonyl (C=O) groups excluding carboxylic acids is 1. The lowest BCUT2D eigenvalue weighted by molar-refractivity contribution is 0.0274. The summed E-state index contributed by atoms with van der Waals surface area (Å²) in [4.78, 5) is 13.4. The normalized spacial score (nSPS) is 23.0. The summed E-state index contributed by atoms with van der Waals surface area (Å²) >= 11 is 0. The molecule has 0 aromatic carbocycles. The molecular weight excluding hydrogens is 292 g/mol. The molecule has 7 heteroatoms. The largest absolute Gasteiger partial charge is 0.378 e. The zero-order valence-corrected chi connectivity index (χ0v) is 13.4. The summed E-state index contributed by atoms with van der Waals surface area (Å²) in [5, 5.41) is 2.83. The van der Waals surface area contributed by atoms with Crippen LogP contribution in [0.2, 0.25) is 0 Å². The number of carbonyl (C=O) groups is 1. The molecule has 1 saturated heterocycles. The molecule has 1 aliphatic heterocycles. The summed E-state index contributed by atoms with van der Waals surface area (Å²) < 4.78 is 28.4. The molecule has 6 nitrogen and oxygen atoms in total.